The van der Waals surface area contributed by atoms with Crippen LogP contribution in [0.15, 0.2) is 24.3 Å². The first-order valence-corrected chi connectivity index (χ1v) is 6.78. The molecule has 0 aliphatic rings. The molecule has 0 atom stereocenters. The summed E-state index contributed by atoms with van der Waals surface area (Å²) in [5.41, 5.74) is 2.14. The highest BCUT2D eigenvalue weighted by molar-refractivity contribution is 7.71. The zero-order chi connectivity index (χ0) is 13.1. The Morgan fingerprint density at radius 1 is 1.22 bits per heavy atom. The summed E-state index contributed by atoms with van der Waals surface area (Å²) in [4.78, 5) is 7.58. The molecule has 0 amide bonds. The summed E-state index contributed by atoms with van der Waals surface area (Å²) < 4.78 is 0.612. The average molecular weight is 299 g/mol. The Balaban J connectivity index is 2.30. The van der Waals surface area contributed by atoms with E-state index in [0.717, 1.165) is 23.5 Å². The topological polar surface area (TPSA) is 28.7 Å². The van der Waals surface area contributed by atoms with E-state index in [4.69, 9.17) is 35.4 Å². The van der Waals surface area contributed by atoms with Crippen LogP contribution in [0.25, 0.3) is 0 Å². The van der Waals surface area contributed by atoms with E-state index in [9.17, 15) is 0 Å². The smallest absolute Gasteiger partial charge is 0.130 e. The summed E-state index contributed by atoms with van der Waals surface area (Å²) in [5, 5.41) is 1.11. The average Bonchev–Trinajstić information content (AvgIpc) is 2.33. The summed E-state index contributed by atoms with van der Waals surface area (Å²) >= 11 is 17.0. The van der Waals surface area contributed by atoms with E-state index in [1.165, 1.54) is 0 Å². The van der Waals surface area contributed by atoms with Gasteiger partial charge >= 0.3 is 0 Å². The Bertz CT molecular complexity index is 623. The normalized spacial score (nSPS) is 10.6. The molecule has 1 heterocycles. The van der Waals surface area contributed by atoms with Crippen molar-refractivity contribution in [3.8, 4) is 0 Å². The number of aromatic nitrogens is 2. The monoisotopic (exact) mass is 298 g/mol. The molecule has 1 N–H and O–H groups in total. The molecule has 0 saturated carbocycles. The van der Waals surface area contributed by atoms with E-state index in [1.54, 1.807) is 6.07 Å². The Hall–Kier alpha value is -0.900. The minimum atomic E-state index is 0.555. The van der Waals surface area contributed by atoms with E-state index in [-0.39, 0.29) is 0 Å². The third kappa shape index (κ3) is 3.31. The first-order chi connectivity index (χ1) is 8.58. The lowest BCUT2D eigenvalue weighted by molar-refractivity contribution is 0.899. The fourth-order valence-corrected chi connectivity index (χ4v) is 2.25. The molecule has 0 aliphatic heterocycles. The second kappa shape index (κ2) is 5.83. The molecule has 2 rings (SSSR count). The lowest BCUT2D eigenvalue weighted by Gasteiger charge is -2.05. The molecule has 2 aromatic rings. The second-order valence-corrected chi connectivity index (χ2v) is 5.20. The zero-order valence-electron chi connectivity index (χ0n) is 9.84. The Morgan fingerprint density at radius 2 is 2.00 bits per heavy atom. The number of H-pyrrole nitrogens is 1. The van der Waals surface area contributed by atoms with Crippen LogP contribution in [-0.4, -0.2) is 9.97 Å². The predicted octanol–water partition coefficient (Wildman–Crippen LogP) is 4.60. The lowest BCUT2D eigenvalue weighted by atomic mass is 10.1. The maximum absolute atomic E-state index is 5.99. The molecule has 1 aromatic carbocycles. The van der Waals surface area contributed by atoms with Crippen LogP contribution in [-0.2, 0) is 12.8 Å². The molecule has 0 spiro atoms. The van der Waals surface area contributed by atoms with Crippen molar-refractivity contribution in [1.29, 1.82) is 0 Å². The first kappa shape index (κ1) is 13.5. The molecule has 0 unspecified atom stereocenters. The van der Waals surface area contributed by atoms with Crippen LogP contribution in [0.5, 0.6) is 0 Å². The number of nitrogens with zero attached hydrogens (tertiary/aromatic N) is 1. The van der Waals surface area contributed by atoms with Crippen molar-refractivity contribution in [2.24, 2.45) is 0 Å². The van der Waals surface area contributed by atoms with E-state index in [2.05, 4.69) is 16.9 Å². The Labute approximate surface area is 121 Å². The van der Waals surface area contributed by atoms with Gasteiger partial charge in [0, 0.05) is 12.1 Å². The van der Waals surface area contributed by atoms with Gasteiger partial charge in [0.25, 0.3) is 0 Å². The SMILES string of the molecule is CCc1cc(=S)nc(Cc2ccc(Cl)c(Cl)c2)[nH]1. The van der Waals surface area contributed by atoms with Gasteiger partial charge in [0.2, 0.25) is 0 Å². The van der Waals surface area contributed by atoms with Gasteiger partial charge in [-0.3, -0.25) is 0 Å². The van der Waals surface area contributed by atoms with Gasteiger partial charge in [-0.2, -0.15) is 0 Å². The molecule has 0 aliphatic carbocycles. The number of aryl methyl sites for hydroxylation is 1. The number of benzene rings is 1. The number of hydrogen-bond donors (Lipinski definition) is 1. The predicted molar refractivity (Wildman–Crippen MR) is 78.1 cm³/mol. The van der Waals surface area contributed by atoms with E-state index in [1.807, 2.05) is 18.2 Å². The van der Waals surface area contributed by atoms with Gasteiger partial charge in [0.05, 0.1) is 10.0 Å². The fraction of sp³-hybridized carbons (Fsp3) is 0.231. The van der Waals surface area contributed by atoms with Crippen molar-refractivity contribution in [3.63, 3.8) is 0 Å². The summed E-state index contributed by atoms with van der Waals surface area (Å²) in [5.74, 6) is 0.845. The second-order valence-electron chi connectivity index (χ2n) is 3.97. The van der Waals surface area contributed by atoms with Crippen LogP contribution >= 0.6 is 35.4 Å². The van der Waals surface area contributed by atoms with Crippen molar-refractivity contribution in [2.45, 2.75) is 19.8 Å². The molecule has 18 heavy (non-hydrogen) atoms. The number of hydrogen-bond acceptors (Lipinski definition) is 2. The first-order valence-electron chi connectivity index (χ1n) is 5.61. The van der Waals surface area contributed by atoms with E-state index in [0.29, 0.717) is 21.1 Å². The molecular formula is C13H12Cl2N2S. The minimum Gasteiger partial charge on any atom is -0.347 e. The van der Waals surface area contributed by atoms with Crippen molar-refractivity contribution >= 4 is 35.4 Å². The Kier molecular flexibility index (Phi) is 4.38. The van der Waals surface area contributed by atoms with Gasteiger partial charge in [-0.25, -0.2) is 4.98 Å². The molecule has 0 bridgehead atoms. The third-order valence-corrected chi connectivity index (χ3v) is 3.53. The lowest BCUT2D eigenvalue weighted by Crippen LogP contribution is -2.00. The standard InChI is InChI=1S/C13H12Cl2N2S/c1-2-9-7-13(18)17-12(16-9)6-8-3-4-10(14)11(15)5-8/h3-5,7H,2,6H2,1H3,(H,16,17,18). The summed E-state index contributed by atoms with van der Waals surface area (Å²) in [7, 11) is 0. The van der Waals surface area contributed by atoms with Gasteiger partial charge < -0.3 is 4.98 Å². The molecular weight excluding hydrogens is 287 g/mol. The molecule has 2 nitrogen and oxygen atoms in total. The van der Waals surface area contributed by atoms with Crippen molar-refractivity contribution in [1.82, 2.24) is 9.97 Å². The van der Waals surface area contributed by atoms with Gasteiger partial charge in [0.15, 0.2) is 0 Å². The number of aromatic amines is 1. The zero-order valence-corrected chi connectivity index (χ0v) is 12.2. The van der Waals surface area contributed by atoms with Crippen LogP contribution in [0.3, 0.4) is 0 Å². The van der Waals surface area contributed by atoms with E-state index >= 15 is 0 Å². The highest BCUT2D eigenvalue weighted by Gasteiger charge is 2.03. The van der Waals surface area contributed by atoms with Gasteiger partial charge in [-0.15, -0.1) is 0 Å². The maximum Gasteiger partial charge on any atom is 0.130 e. The van der Waals surface area contributed by atoms with Crippen LogP contribution in [0.1, 0.15) is 24.0 Å². The Morgan fingerprint density at radius 3 is 2.67 bits per heavy atom. The molecule has 0 radical (unpaired) electrons. The minimum absolute atomic E-state index is 0.555. The number of nitrogens with one attached hydrogen (secondary N) is 1. The van der Waals surface area contributed by atoms with Crippen LogP contribution in [0, 0.1) is 4.64 Å². The summed E-state index contributed by atoms with van der Waals surface area (Å²) in [6.45, 7) is 2.07. The molecule has 94 valence electrons. The van der Waals surface area contributed by atoms with Crippen LogP contribution < -0.4 is 0 Å². The highest BCUT2D eigenvalue weighted by atomic mass is 35.5. The highest BCUT2D eigenvalue weighted by Crippen LogP contribution is 2.23. The molecule has 1 aromatic heterocycles. The summed E-state index contributed by atoms with van der Waals surface area (Å²) in [6, 6.07) is 7.46. The third-order valence-electron chi connectivity index (χ3n) is 2.58. The van der Waals surface area contributed by atoms with Crippen molar-refractivity contribution in [2.75, 3.05) is 0 Å². The number of rotatable bonds is 3. The van der Waals surface area contributed by atoms with E-state index < -0.39 is 0 Å². The van der Waals surface area contributed by atoms with Gasteiger partial charge in [-0.1, -0.05) is 48.4 Å². The number of halogens is 2. The van der Waals surface area contributed by atoms with Gasteiger partial charge in [0.1, 0.15) is 10.5 Å². The maximum atomic E-state index is 5.99. The van der Waals surface area contributed by atoms with Crippen molar-refractivity contribution in [3.05, 3.63) is 56.0 Å². The molecule has 5 heteroatoms. The van der Waals surface area contributed by atoms with Crippen LogP contribution in [0.2, 0.25) is 10.0 Å². The van der Waals surface area contributed by atoms with Crippen LogP contribution in [0.4, 0.5) is 0 Å². The summed E-state index contributed by atoms with van der Waals surface area (Å²) in [6.07, 6.45) is 1.56. The van der Waals surface area contributed by atoms with Crippen molar-refractivity contribution < 1.29 is 0 Å². The largest absolute Gasteiger partial charge is 0.347 e. The van der Waals surface area contributed by atoms with Gasteiger partial charge in [-0.05, 0) is 30.2 Å². The fourth-order valence-electron chi connectivity index (χ4n) is 1.68. The molecule has 0 saturated heterocycles. The molecule has 0 fully saturated rings. The quantitative estimate of drug-likeness (QED) is 0.839.